The summed E-state index contributed by atoms with van der Waals surface area (Å²) in [6, 6.07) is 4.71. The van der Waals surface area contributed by atoms with E-state index >= 15 is 0 Å². The summed E-state index contributed by atoms with van der Waals surface area (Å²) in [4.78, 5) is 42.0. The average molecular weight is 369 g/mol. The fraction of sp³-hybridized carbons (Fsp3) is 0.400. The molecular formula is C15H17BrN2O4. The Balaban J connectivity index is 2.05. The zero-order valence-electron chi connectivity index (χ0n) is 12.3. The van der Waals surface area contributed by atoms with Crippen LogP contribution in [0.2, 0.25) is 0 Å². The van der Waals surface area contributed by atoms with E-state index < -0.39 is 12.0 Å². The Kier molecular flexibility index (Phi) is 5.54. The van der Waals surface area contributed by atoms with Crippen LogP contribution in [0.4, 0.5) is 4.79 Å². The Morgan fingerprint density at radius 1 is 1.27 bits per heavy atom. The summed E-state index contributed by atoms with van der Waals surface area (Å²) < 4.78 is 0.694. The number of carbonyl (C=O) groups excluding carboxylic acids is 3. The topological polar surface area (TPSA) is 66.9 Å². The summed E-state index contributed by atoms with van der Waals surface area (Å²) in [5, 5.41) is 0.868. The number of aldehydes is 1. The molecule has 0 bridgehead atoms. The highest BCUT2D eigenvalue weighted by Crippen LogP contribution is 2.17. The van der Waals surface area contributed by atoms with Gasteiger partial charge in [0.15, 0.2) is 6.29 Å². The van der Waals surface area contributed by atoms with Crippen molar-refractivity contribution in [3.8, 4) is 0 Å². The predicted octanol–water partition coefficient (Wildman–Crippen LogP) is 2.87. The molecule has 1 aromatic carbocycles. The van der Waals surface area contributed by atoms with Gasteiger partial charge in [-0.1, -0.05) is 15.9 Å². The van der Waals surface area contributed by atoms with Gasteiger partial charge in [0.25, 0.3) is 5.91 Å². The van der Waals surface area contributed by atoms with E-state index in [0.29, 0.717) is 23.8 Å². The van der Waals surface area contributed by atoms with Gasteiger partial charge in [-0.25, -0.2) is 4.79 Å². The number of nitrogens with zero attached hydrogens (tertiary/aromatic N) is 2. The fourth-order valence-electron chi connectivity index (χ4n) is 2.29. The normalized spacial score (nSPS) is 14.4. The molecule has 0 radical (unpaired) electrons. The van der Waals surface area contributed by atoms with Gasteiger partial charge in [-0.05, 0) is 37.5 Å². The molecule has 22 heavy (non-hydrogen) atoms. The molecule has 1 aliphatic heterocycles. The molecule has 0 N–H and O–H groups in total. The van der Waals surface area contributed by atoms with Crippen molar-refractivity contribution in [2.45, 2.75) is 19.3 Å². The minimum atomic E-state index is -0.542. The zero-order chi connectivity index (χ0) is 16.1. The molecule has 0 aliphatic carbocycles. The highest BCUT2D eigenvalue weighted by Gasteiger charge is 2.23. The molecule has 1 saturated heterocycles. The summed E-state index contributed by atoms with van der Waals surface area (Å²) in [6.07, 6.45) is 3.03. The minimum Gasteiger partial charge on any atom is -0.319 e. The third-order valence-electron chi connectivity index (χ3n) is 3.49. The lowest BCUT2D eigenvalue weighted by Gasteiger charge is -2.27. The Bertz CT molecular complexity index is 585. The van der Waals surface area contributed by atoms with E-state index in [-0.39, 0.29) is 11.1 Å². The quantitative estimate of drug-likeness (QED) is 0.594. The molecule has 1 aliphatic rings. The molecule has 2 amide bonds. The first kappa shape index (κ1) is 16.5. The SMILES string of the molecule is CN(OC(=O)N1CCCCC1)C(=O)c1ccc(Br)cc1C=O. The second-order valence-electron chi connectivity index (χ2n) is 5.06. The van der Waals surface area contributed by atoms with Gasteiger partial charge in [0.2, 0.25) is 0 Å². The van der Waals surface area contributed by atoms with Crippen molar-refractivity contribution in [2.75, 3.05) is 20.1 Å². The molecule has 0 saturated carbocycles. The van der Waals surface area contributed by atoms with Crippen molar-refractivity contribution in [3.05, 3.63) is 33.8 Å². The number of benzene rings is 1. The van der Waals surface area contributed by atoms with Gasteiger partial charge >= 0.3 is 6.09 Å². The standard InChI is InChI=1S/C15H17BrN2O4/c1-17(22-15(21)18-7-3-2-4-8-18)14(20)13-6-5-12(16)9-11(13)10-19/h5-6,9-10H,2-4,7-8H2,1H3. The summed E-state index contributed by atoms with van der Waals surface area (Å²) in [5.41, 5.74) is 0.424. The molecule has 0 atom stereocenters. The number of hydrogen-bond acceptors (Lipinski definition) is 4. The predicted molar refractivity (Wildman–Crippen MR) is 83.5 cm³/mol. The Labute approximate surface area is 137 Å². The number of piperidine rings is 1. The van der Waals surface area contributed by atoms with Crippen molar-refractivity contribution >= 4 is 34.2 Å². The summed E-state index contributed by atoms with van der Waals surface area (Å²) in [7, 11) is 1.36. The maximum atomic E-state index is 12.3. The summed E-state index contributed by atoms with van der Waals surface area (Å²) in [6.45, 7) is 1.28. The van der Waals surface area contributed by atoms with Crippen molar-refractivity contribution in [1.82, 2.24) is 9.96 Å². The number of halogens is 1. The Morgan fingerprint density at radius 3 is 2.59 bits per heavy atom. The molecule has 0 spiro atoms. The van der Waals surface area contributed by atoms with Crippen LogP contribution < -0.4 is 0 Å². The lowest BCUT2D eigenvalue weighted by atomic mass is 10.1. The molecule has 6 nitrogen and oxygen atoms in total. The van der Waals surface area contributed by atoms with Crippen molar-refractivity contribution < 1.29 is 19.2 Å². The van der Waals surface area contributed by atoms with E-state index in [1.54, 1.807) is 17.0 Å². The average Bonchev–Trinajstić information content (AvgIpc) is 2.54. The Morgan fingerprint density at radius 2 is 1.95 bits per heavy atom. The smallest absolute Gasteiger partial charge is 0.319 e. The minimum absolute atomic E-state index is 0.187. The molecule has 0 unspecified atom stereocenters. The first-order valence-corrected chi connectivity index (χ1v) is 7.82. The van der Waals surface area contributed by atoms with E-state index in [0.717, 1.165) is 24.3 Å². The van der Waals surface area contributed by atoms with Crippen LogP contribution in [0, 0.1) is 0 Å². The second-order valence-corrected chi connectivity index (χ2v) is 5.97. The molecule has 1 heterocycles. The Hall–Kier alpha value is -1.89. The molecule has 1 aromatic rings. The molecule has 0 aromatic heterocycles. The highest BCUT2D eigenvalue weighted by atomic mass is 79.9. The molecule has 7 heteroatoms. The lowest BCUT2D eigenvalue weighted by molar-refractivity contribution is -0.0666. The van der Waals surface area contributed by atoms with Crippen LogP contribution in [0.15, 0.2) is 22.7 Å². The van der Waals surface area contributed by atoms with Crippen LogP contribution in [0.1, 0.15) is 40.0 Å². The van der Waals surface area contributed by atoms with Gasteiger partial charge in [-0.3, -0.25) is 9.59 Å². The third kappa shape index (κ3) is 3.85. The summed E-state index contributed by atoms with van der Waals surface area (Å²) >= 11 is 3.24. The number of likely N-dealkylation sites (tertiary alicyclic amines) is 1. The second kappa shape index (κ2) is 7.40. The molecular weight excluding hydrogens is 352 g/mol. The lowest BCUT2D eigenvalue weighted by Crippen LogP contribution is -2.41. The number of rotatable bonds is 2. The van der Waals surface area contributed by atoms with E-state index in [9.17, 15) is 14.4 Å². The van der Waals surface area contributed by atoms with Crippen LogP contribution in [0.5, 0.6) is 0 Å². The maximum Gasteiger partial charge on any atom is 0.434 e. The van der Waals surface area contributed by atoms with Gasteiger partial charge in [-0.2, -0.15) is 5.06 Å². The van der Waals surface area contributed by atoms with E-state index in [2.05, 4.69) is 15.9 Å². The van der Waals surface area contributed by atoms with Crippen molar-refractivity contribution in [3.63, 3.8) is 0 Å². The van der Waals surface area contributed by atoms with Gasteiger partial charge < -0.3 is 9.74 Å². The van der Waals surface area contributed by atoms with Crippen molar-refractivity contribution in [1.29, 1.82) is 0 Å². The van der Waals surface area contributed by atoms with Gasteiger partial charge in [0.1, 0.15) is 0 Å². The van der Waals surface area contributed by atoms with E-state index in [4.69, 9.17) is 4.84 Å². The van der Waals surface area contributed by atoms with Crippen LogP contribution in [0.25, 0.3) is 0 Å². The number of hydrogen-bond donors (Lipinski definition) is 0. The molecule has 118 valence electrons. The van der Waals surface area contributed by atoms with E-state index in [1.165, 1.54) is 13.1 Å². The van der Waals surface area contributed by atoms with Crippen molar-refractivity contribution in [2.24, 2.45) is 0 Å². The van der Waals surface area contributed by atoms with Gasteiger partial charge in [-0.15, -0.1) is 0 Å². The van der Waals surface area contributed by atoms with Gasteiger partial charge in [0.05, 0.1) is 5.56 Å². The number of amides is 2. The third-order valence-corrected chi connectivity index (χ3v) is 3.98. The highest BCUT2D eigenvalue weighted by molar-refractivity contribution is 9.10. The van der Waals surface area contributed by atoms with Gasteiger partial charge in [0, 0.05) is 30.2 Å². The maximum absolute atomic E-state index is 12.3. The molecule has 1 fully saturated rings. The van der Waals surface area contributed by atoms with Crippen LogP contribution in [0.3, 0.4) is 0 Å². The first-order valence-electron chi connectivity index (χ1n) is 7.02. The monoisotopic (exact) mass is 368 g/mol. The molecule has 2 rings (SSSR count). The van der Waals surface area contributed by atoms with E-state index in [1.807, 2.05) is 0 Å². The fourth-order valence-corrected chi connectivity index (χ4v) is 2.67. The van der Waals surface area contributed by atoms with Crippen LogP contribution in [-0.4, -0.2) is 48.4 Å². The largest absolute Gasteiger partial charge is 0.434 e. The zero-order valence-corrected chi connectivity index (χ0v) is 13.8. The van der Waals surface area contributed by atoms with Crippen LogP contribution in [-0.2, 0) is 4.84 Å². The summed E-state index contributed by atoms with van der Waals surface area (Å²) in [5.74, 6) is -0.542. The van der Waals surface area contributed by atoms with Crippen LogP contribution >= 0.6 is 15.9 Å². The first-order chi connectivity index (χ1) is 10.5. The number of hydroxylamine groups is 2. The number of carbonyl (C=O) groups is 3.